The van der Waals surface area contributed by atoms with Crippen LogP contribution in [0, 0.1) is 0 Å². The van der Waals surface area contributed by atoms with Gasteiger partial charge in [0.25, 0.3) is 0 Å². The minimum Gasteiger partial charge on any atom is -0.387 e. The lowest BCUT2D eigenvalue weighted by atomic mass is 10.0. The standard InChI is InChI=1S/C13H15ClN2O3/c1-16-12(19)6-10(15-11(18)7-17)13(16)8-2-4-9(14)5-3-8/h2-5,10,13,17H,6-7H2,1H3,(H,15,18). The smallest absolute Gasteiger partial charge is 0.246 e. The molecule has 5 nitrogen and oxygen atoms in total. The first-order valence-corrected chi connectivity index (χ1v) is 6.32. The summed E-state index contributed by atoms with van der Waals surface area (Å²) in [6.45, 7) is -0.582. The van der Waals surface area contributed by atoms with Crippen LogP contribution in [-0.4, -0.2) is 41.5 Å². The van der Waals surface area contributed by atoms with E-state index < -0.39 is 12.5 Å². The van der Waals surface area contributed by atoms with Gasteiger partial charge in [-0.2, -0.15) is 0 Å². The third-order valence-corrected chi connectivity index (χ3v) is 3.54. The summed E-state index contributed by atoms with van der Waals surface area (Å²) in [5, 5.41) is 12.1. The van der Waals surface area contributed by atoms with Crippen LogP contribution in [0.1, 0.15) is 18.0 Å². The van der Waals surface area contributed by atoms with Gasteiger partial charge in [-0.15, -0.1) is 0 Å². The summed E-state index contributed by atoms with van der Waals surface area (Å²) < 4.78 is 0. The van der Waals surface area contributed by atoms with Gasteiger partial charge < -0.3 is 15.3 Å². The minimum absolute atomic E-state index is 0.0387. The van der Waals surface area contributed by atoms with Gasteiger partial charge in [0.2, 0.25) is 11.8 Å². The average Bonchev–Trinajstić information content (AvgIpc) is 2.66. The van der Waals surface area contributed by atoms with E-state index >= 15 is 0 Å². The normalized spacial score (nSPS) is 22.7. The number of benzene rings is 1. The van der Waals surface area contributed by atoms with E-state index in [0.29, 0.717) is 5.02 Å². The molecule has 0 spiro atoms. The minimum atomic E-state index is -0.582. The molecule has 6 heteroatoms. The fraction of sp³-hybridized carbons (Fsp3) is 0.385. The van der Waals surface area contributed by atoms with Crippen LogP contribution in [0.3, 0.4) is 0 Å². The molecule has 1 aliphatic heterocycles. The highest BCUT2D eigenvalue weighted by Gasteiger charge is 2.39. The number of hydrogen-bond acceptors (Lipinski definition) is 3. The Kier molecular flexibility index (Phi) is 4.07. The molecule has 2 unspecified atom stereocenters. The summed E-state index contributed by atoms with van der Waals surface area (Å²) in [6.07, 6.45) is 0.232. The third-order valence-electron chi connectivity index (χ3n) is 3.29. The molecule has 2 amide bonds. The van der Waals surface area contributed by atoms with Gasteiger partial charge in [-0.25, -0.2) is 0 Å². The van der Waals surface area contributed by atoms with Crippen molar-refractivity contribution in [3.8, 4) is 0 Å². The molecule has 0 bridgehead atoms. The summed E-state index contributed by atoms with van der Waals surface area (Å²) in [5.74, 6) is -0.518. The molecule has 0 aromatic heterocycles. The number of likely N-dealkylation sites (N-methyl/N-ethyl adjacent to an activating group) is 1. The lowest BCUT2D eigenvalue weighted by Crippen LogP contribution is -2.40. The van der Waals surface area contributed by atoms with Crippen LogP contribution in [0.15, 0.2) is 24.3 Å². The predicted molar refractivity (Wildman–Crippen MR) is 70.6 cm³/mol. The van der Waals surface area contributed by atoms with Crippen LogP contribution in [0.25, 0.3) is 0 Å². The number of carbonyl (C=O) groups excluding carboxylic acids is 2. The molecule has 2 rings (SSSR count). The van der Waals surface area contributed by atoms with Crippen molar-refractivity contribution in [3.05, 3.63) is 34.9 Å². The van der Waals surface area contributed by atoms with E-state index in [1.54, 1.807) is 24.1 Å². The molecule has 1 aromatic rings. The van der Waals surface area contributed by atoms with Crippen molar-refractivity contribution in [3.63, 3.8) is 0 Å². The van der Waals surface area contributed by atoms with Gasteiger partial charge in [-0.3, -0.25) is 9.59 Å². The van der Waals surface area contributed by atoms with Crippen molar-refractivity contribution in [2.45, 2.75) is 18.5 Å². The fourth-order valence-electron chi connectivity index (χ4n) is 2.37. The first-order chi connectivity index (χ1) is 9.02. The van der Waals surface area contributed by atoms with Gasteiger partial charge in [0.1, 0.15) is 6.61 Å². The van der Waals surface area contributed by atoms with Crippen LogP contribution in [0.2, 0.25) is 5.02 Å². The van der Waals surface area contributed by atoms with E-state index in [9.17, 15) is 9.59 Å². The zero-order valence-corrected chi connectivity index (χ0v) is 11.2. The maximum absolute atomic E-state index is 11.8. The number of nitrogens with zero attached hydrogens (tertiary/aromatic N) is 1. The highest BCUT2D eigenvalue weighted by molar-refractivity contribution is 6.30. The van der Waals surface area contributed by atoms with Gasteiger partial charge in [0.05, 0.1) is 12.1 Å². The molecule has 0 aliphatic carbocycles. The third kappa shape index (κ3) is 2.88. The average molecular weight is 283 g/mol. The van der Waals surface area contributed by atoms with E-state index in [1.165, 1.54) is 0 Å². The van der Waals surface area contributed by atoms with Crippen LogP contribution in [-0.2, 0) is 9.59 Å². The Balaban J connectivity index is 2.25. The second-order valence-corrected chi connectivity index (χ2v) is 4.97. The SMILES string of the molecule is CN1C(=O)CC(NC(=O)CO)C1c1ccc(Cl)cc1. The van der Waals surface area contributed by atoms with Gasteiger partial charge in [0, 0.05) is 18.5 Å². The zero-order valence-electron chi connectivity index (χ0n) is 10.5. The van der Waals surface area contributed by atoms with Crippen molar-refractivity contribution in [2.75, 3.05) is 13.7 Å². The van der Waals surface area contributed by atoms with Crippen LogP contribution >= 0.6 is 11.6 Å². The molecule has 1 heterocycles. The predicted octanol–water partition coefficient (Wildman–Crippen LogP) is 0.720. The monoisotopic (exact) mass is 282 g/mol. The molecule has 19 heavy (non-hydrogen) atoms. The lowest BCUT2D eigenvalue weighted by Gasteiger charge is -2.25. The van der Waals surface area contributed by atoms with Gasteiger partial charge in [0.15, 0.2) is 0 Å². The summed E-state index contributed by atoms with van der Waals surface area (Å²) in [4.78, 5) is 24.7. The second kappa shape index (κ2) is 5.59. The number of nitrogens with one attached hydrogen (secondary N) is 1. The lowest BCUT2D eigenvalue weighted by molar-refractivity contribution is -0.127. The number of aliphatic hydroxyl groups is 1. The highest BCUT2D eigenvalue weighted by Crippen LogP contribution is 2.32. The molecule has 1 aliphatic rings. The number of aliphatic hydroxyl groups excluding tert-OH is 1. The van der Waals surface area contributed by atoms with Crippen LogP contribution < -0.4 is 5.32 Å². The Morgan fingerprint density at radius 2 is 2.11 bits per heavy atom. The molecule has 0 radical (unpaired) electrons. The summed E-state index contributed by atoms with van der Waals surface area (Å²) in [6, 6.07) is 6.59. The number of hydrogen-bond donors (Lipinski definition) is 2. The number of likely N-dealkylation sites (tertiary alicyclic amines) is 1. The Labute approximate surface area is 116 Å². The van der Waals surface area contributed by atoms with E-state index in [0.717, 1.165) is 5.56 Å². The molecule has 1 saturated heterocycles. The van der Waals surface area contributed by atoms with Gasteiger partial charge >= 0.3 is 0 Å². The number of amides is 2. The molecular weight excluding hydrogens is 268 g/mol. The van der Waals surface area contributed by atoms with Crippen molar-refractivity contribution in [1.29, 1.82) is 0 Å². The Morgan fingerprint density at radius 3 is 2.68 bits per heavy atom. The maximum Gasteiger partial charge on any atom is 0.246 e. The highest BCUT2D eigenvalue weighted by atomic mass is 35.5. The molecule has 0 saturated carbocycles. The molecule has 1 fully saturated rings. The van der Waals surface area contributed by atoms with Crippen LogP contribution in [0.5, 0.6) is 0 Å². The van der Waals surface area contributed by atoms with Crippen molar-refractivity contribution >= 4 is 23.4 Å². The molecule has 102 valence electrons. The second-order valence-electron chi connectivity index (χ2n) is 4.54. The summed E-state index contributed by atoms with van der Waals surface area (Å²) in [5.41, 5.74) is 0.904. The fourth-order valence-corrected chi connectivity index (χ4v) is 2.49. The number of rotatable bonds is 3. The van der Waals surface area contributed by atoms with E-state index in [2.05, 4.69) is 5.32 Å². The topological polar surface area (TPSA) is 69.6 Å². The van der Waals surface area contributed by atoms with Gasteiger partial charge in [-0.1, -0.05) is 23.7 Å². The summed E-state index contributed by atoms with van der Waals surface area (Å²) in [7, 11) is 1.70. The van der Waals surface area contributed by atoms with E-state index in [1.807, 2.05) is 12.1 Å². The zero-order chi connectivity index (χ0) is 14.0. The van der Waals surface area contributed by atoms with E-state index in [-0.39, 0.29) is 24.4 Å². The van der Waals surface area contributed by atoms with Gasteiger partial charge in [-0.05, 0) is 17.7 Å². The molecule has 1 aromatic carbocycles. The number of carbonyl (C=O) groups is 2. The Hall–Kier alpha value is -1.59. The first-order valence-electron chi connectivity index (χ1n) is 5.94. The Bertz CT molecular complexity index is 489. The molecule has 2 atom stereocenters. The van der Waals surface area contributed by atoms with Crippen molar-refractivity contribution in [2.24, 2.45) is 0 Å². The summed E-state index contributed by atoms with van der Waals surface area (Å²) >= 11 is 5.84. The molecular formula is C13H15ClN2O3. The van der Waals surface area contributed by atoms with Crippen LogP contribution in [0.4, 0.5) is 0 Å². The van der Waals surface area contributed by atoms with Crippen molar-refractivity contribution in [1.82, 2.24) is 10.2 Å². The maximum atomic E-state index is 11.8. The van der Waals surface area contributed by atoms with Crippen molar-refractivity contribution < 1.29 is 14.7 Å². The Morgan fingerprint density at radius 1 is 1.47 bits per heavy atom. The van der Waals surface area contributed by atoms with E-state index in [4.69, 9.17) is 16.7 Å². The first kappa shape index (κ1) is 13.8. The largest absolute Gasteiger partial charge is 0.387 e. The number of halogens is 1. The molecule has 2 N–H and O–H groups in total. The quantitative estimate of drug-likeness (QED) is 0.858.